The lowest BCUT2D eigenvalue weighted by molar-refractivity contribution is 0.0696. The van der Waals surface area contributed by atoms with Crippen molar-refractivity contribution in [3.05, 3.63) is 65.2 Å². The second-order valence-corrected chi connectivity index (χ2v) is 6.32. The summed E-state index contributed by atoms with van der Waals surface area (Å²) in [6, 6.07) is 7.36. The van der Waals surface area contributed by atoms with Crippen molar-refractivity contribution in [1.29, 1.82) is 0 Å². The lowest BCUT2D eigenvalue weighted by Gasteiger charge is -2.06. The van der Waals surface area contributed by atoms with Crippen molar-refractivity contribution in [2.45, 2.75) is 10.6 Å². The molecule has 0 heterocycles. The smallest absolute Gasteiger partial charge is 0.335 e. The van der Waals surface area contributed by atoms with Gasteiger partial charge >= 0.3 is 5.97 Å². The number of halogens is 2. The number of carbonyl (C=O) groups is 1. The van der Waals surface area contributed by atoms with Gasteiger partial charge in [0.25, 0.3) is 0 Å². The molecule has 2 rings (SSSR count). The Hall–Kier alpha value is -2.28. The molecule has 2 aromatic carbocycles. The van der Waals surface area contributed by atoms with E-state index < -0.39 is 33.2 Å². The van der Waals surface area contributed by atoms with Crippen LogP contribution in [-0.2, 0) is 15.6 Å². The predicted octanol–water partition coefficient (Wildman–Crippen LogP) is 2.64. The molecule has 0 atom stereocenters. The highest BCUT2D eigenvalue weighted by Gasteiger charge is 2.19. The van der Waals surface area contributed by atoms with Gasteiger partial charge in [-0.3, -0.25) is 0 Å². The number of benzene rings is 2. The molecule has 0 saturated carbocycles. The maximum Gasteiger partial charge on any atom is 0.335 e. The summed E-state index contributed by atoms with van der Waals surface area (Å²) in [7, 11) is -3.93. The van der Waals surface area contributed by atoms with Crippen molar-refractivity contribution in [3.8, 4) is 0 Å². The van der Waals surface area contributed by atoms with E-state index in [4.69, 9.17) is 5.11 Å². The summed E-state index contributed by atoms with van der Waals surface area (Å²) in [4.78, 5) is 10.6. The normalized spacial score (nSPS) is 11.3. The first-order valence-corrected chi connectivity index (χ1v) is 7.45. The van der Waals surface area contributed by atoms with Crippen LogP contribution in [0.15, 0.2) is 47.4 Å². The molecule has 1 N–H and O–H groups in total. The number of sulfone groups is 1. The molecular weight excluding hydrogens is 302 g/mol. The number of hydrogen-bond acceptors (Lipinski definition) is 3. The quantitative estimate of drug-likeness (QED) is 0.942. The highest BCUT2D eigenvalue weighted by atomic mass is 32.2. The molecule has 0 spiro atoms. The third-order valence-corrected chi connectivity index (χ3v) is 4.46. The Kier molecular flexibility index (Phi) is 4.04. The molecular formula is C14H10F2O4S. The van der Waals surface area contributed by atoms with Gasteiger partial charge in [-0.2, -0.15) is 0 Å². The number of carboxylic acids is 1. The number of aromatic carboxylic acids is 1. The second kappa shape index (κ2) is 5.61. The average molecular weight is 312 g/mol. The third kappa shape index (κ3) is 3.43. The molecule has 0 aromatic heterocycles. The van der Waals surface area contributed by atoms with Crippen LogP contribution < -0.4 is 0 Å². The van der Waals surface area contributed by atoms with Crippen LogP contribution in [0.4, 0.5) is 8.78 Å². The standard InChI is InChI=1S/C14H10F2O4S/c15-11-5-4-10(13(16)7-11)8-21(19,20)12-3-1-2-9(6-12)14(17)18/h1-7H,8H2,(H,17,18). The molecule has 0 aliphatic rings. The average Bonchev–Trinajstić information content (AvgIpc) is 2.42. The fourth-order valence-corrected chi connectivity index (χ4v) is 3.15. The minimum Gasteiger partial charge on any atom is -0.478 e. The van der Waals surface area contributed by atoms with E-state index in [9.17, 15) is 22.0 Å². The fraction of sp³-hybridized carbons (Fsp3) is 0.0714. The summed E-state index contributed by atoms with van der Waals surface area (Å²) in [6.45, 7) is 0. The van der Waals surface area contributed by atoms with Crippen molar-refractivity contribution in [2.24, 2.45) is 0 Å². The van der Waals surface area contributed by atoms with Gasteiger partial charge in [-0.05, 0) is 24.3 Å². The second-order valence-electron chi connectivity index (χ2n) is 4.33. The van der Waals surface area contributed by atoms with Gasteiger partial charge in [0.15, 0.2) is 9.84 Å². The van der Waals surface area contributed by atoms with Crippen LogP contribution in [0.3, 0.4) is 0 Å². The summed E-state index contributed by atoms with van der Waals surface area (Å²) in [5.41, 5.74) is -0.368. The van der Waals surface area contributed by atoms with E-state index in [1.807, 2.05) is 0 Å². The van der Waals surface area contributed by atoms with Gasteiger partial charge in [-0.15, -0.1) is 0 Å². The first kappa shape index (κ1) is 15.1. The largest absolute Gasteiger partial charge is 0.478 e. The van der Waals surface area contributed by atoms with Gasteiger partial charge in [0.2, 0.25) is 0 Å². The van der Waals surface area contributed by atoms with Gasteiger partial charge in [0, 0.05) is 11.6 Å². The molecule has 2 aromatic rings. The predicted molar refractivity (Wildman–Crippen MR) is 70.6 cm³/mol. The van der Waals surface area contributed by atoms with Crippen LogP contribution in [-0.4, -0.2) is 19.5 Å². The molecule has 0 aliphatic carbocycles. The summed E-state index contributed by atoms with van der Waals surface area (Å²) in [5, 5.41) is 8.84. The number of carboxylic acid groups (broad SMARTS) is 1. The summed E-state index contributed by atoms with van der Waals surface area (Å²) in [5.74, 6) is -3.71. The molecule has 4 nitrogen and oxygen atoms in total. The highest BCUT2D eigenvalue weighted by Crippen LogP contribution is 2.20. The van der Waals surface area contributed by atoms with Crippen molar-refractivity contribution < 1.29 is 27.1 Å². The molecule has 0 aliphatic heterocycles. The minimum atomic E-state index is -3.93. The monoisotopic (exact) mass is 312 g/mol. The Balaban J connectivity index is 2.38. The van der Waals surface area contributed by atoms with Crippen molar-refractivity contribution in [3.63, 3.8) is 0 Å². The van der Waals surface area contributed by atoms with Crippen LogP contribution in [0, 0.1) is 11.6 Å². The van der Waals surface area contributed by atoms with E-state index >= 15 is 0 Å². The molecule has 0 saturated heterocycles. The van der Waals surface area contributed by atoms with Crippen LogP contribution >= 0.6 is 0 Å². The number of hydrogen-bond donors (Lipinski definition) is 1. The van der Waals surface area contributed by atoms with Crippen molar-refractivity contribution >= 4 is 15.8 Å². The first-order valence-electron chi connectivity index (χ1n) is 5.79. The molecule has 0 amide bonds. The van der Waals surface area contributed by atoms with Crippen LogP contribution in [0.25, 0.3) is 0 Å². The Morgan fingerprint density at radius 3 is 2.43 bits per heavy atom. The van der Waals surface area contributed by atoms with Gasteiger partial charge in [-0.25, -0.2) is 22.0 Å². The molecule has 0 unspecified atom stereocenters. The lowest BCUT2D eigenvalue weighted by Crippen LogP contribution is -2.08. The summed E-state index contributed by atoms with van der Waals surface area (Å²) >= 11 is 0. The van der Waals surface area contributed by atoms with E-state index in [-0.39, 0.29) is 16.0 Å². The van der Waals surface area contributed by atoms with E-state index in [1.165, 1.54) is 18.2 Å². The molecule has 21 heavy (non-hydrogen) atoms. The summed E-state index contributed by atoms with van der Waals surface area (Å²) in [6.07, 6.45) is 0. The zero-order chi connectivity index (χ0) is 15.6. The lowest BCUT2D eigenvalue weighted by atomic mass is 10.2. The van der Waals surface area contributed by atoms with Gasteiger partial charge < -0.3 is 5.11 Å². The Bertz CT molecular complexity index is 800. The Morgan fingerprint density at radius 1 is 1.10 bits per heavy atom. The Morgan fingerprint density at radius 2 is 1.81 bits per heavy atom. The SMILES string of the molecule is O=C(O)c1cccc(S(=O)(=O)Cc2ccc(F)cc2F)c1. The van der Waals surface area contributed by atoms with E-state index in [0.717, 1.165) is 18.2 Å². The topological polar surface area (TPSA) is 71.4 Å². The van der Waals surface area contributed by atoms with Gasteiger partial charge in [0.05, 0.1) is 16.2 Å². The number of rotatable bonds is 4. The van der Waals surface area contributed by atoms with E-state index in [1.54, 1.807) is 0 Å². The minimum absolute atomic E-state index is 0.183. The first-order chi connectivity index (χ1) is 9.79. The fourth-order valence-electron chi connectivity index (χ4n) is 1.75. The maximum absolute atomic E-state index is 13.5. The van der Waals surface area contributed by atoms with Gasteiger partial charge in [-0.1, -0.05) is 12.1 Å². The highest BCUT2D eigenvalue weighted by molar-refractivity contribution is 7.90. The molecule has 110 valence electrons. The van der Waals surface area contributed by atoms with Crippen LogP contribution in [0.5, 0.6) is 0 Å². The zero-order valence-corrected chi connectivity index (χ0v) is 11.4. The maximum atomic E-state index is 13.5. The molecule has 0 bridgehead atoms. The van der Waals surface area contributed by atoms with Crippen LogP contribution in [0.1, 0.15) is 15.9 Å². The molecule has 0 radical (unpaired) electrons. The van der Waals surface area contributed by atoms with Crippen LogP contribution in [0.2, 0.25) is 0 Å². The van der Waals surface area contributed by atoms with E-state index in [0.29, 0.717) is 6.07 Å². The molecule has 0 fully saturated rings. The molecule has 7 heteroatoms. The third-order valence-electron chi connectivity index (χ3n) is 2.80. The zero-order valence-electron chi connectivity index (χ0n) is 10.6. The van der Waals surface area contributed by atoms with E-state index in [2.05, 4.69) is 0 Å². The summed E-state index contributed by atoms with van der Waals surface area (Å²) < 4.78 is 50.6. The van der Waals surface area contributed by atoms with Gasteiger partial charge in [0.1, 0.15) is 11.6 Å². The Labute approximate surface area is 119 Å². The van der Waals surface area contributed by atoms with Crippen molar-refractivity contribution in [1.82, 2.24) is 0 Å². The van der Waals surface area contributed by atoms with Crippen molar-refractivity contribution in [2.75, 3.05) is 0 Å².